The molecule has 0 spiro atoms. The Labute approximate surface area is 607 Å². The molecule has 576 valence electrons. The molecule has 0 saturated heterocycles. The normalized spacial score (nSPS) is 14.5. The Morgan fingerprint density at radius 3 is 0.920 bits per heavy atom. The van der Waals surface area contributed by atoms with Gasteiger partial charge in [0.1, 0.15) is 19.3 Å². The molecule has 0 rings (SSSR count). The molecule has 0 aromatic carbocycles. The molecule has 0 fully saturated rings. The molecule has 3 N–H and O–H groups in total. The number of carbonyl (C=O) groups excluding carboxylic acids is 4. The number of aliphatic hydroxyl groups is 1. The summed E-state index contributed by atoms with van der Waals surface area (Å²) in [7, 11) is -9.97. The van der Waals surface area contributed by atoms with E-state index in [0.717, 1.165) is 141 Å². The summed E-state index contributed by atoms with van der Waals surface area (Å²) in [5.41, 5.74) is 0. The average molecular weight is 1450 g/mol. The van der Waals surface area contributed by atoms with Crippen molar-refractivity contribution >= 4 is 39.5 Å². The Morgan fingerprint density at radius 1 is 0.290 bits per heavy atom. The maximum absolute atomic E-state index is 13.1. The standard InChI is InChI=1S/C81H140O17P2/c1-5-9-13-17-21-25-29-33-35-36-37-38-40-44-46-50-54-58-62-66-79(84)92-72-77(98-81(86)68-64-60-56-52-48-42-32-28-24-20-16-12-8-4)74-96-100(89,90)94-70-75(82)69-93-99(87,88)95-73-76(97-80(85)67-63-59-55-51-47-41-31-27-23-19-15-11-7-3)71-91-78(83)65-61-57-53-49-45-43-39-34-30-26-22-18-14-10-6-2/h9,13,15,19,21,25,27-28,31-33,35,37-38,44,46,54,58,75-77,82H,5-8,10-12,14,16-18,20,22-24,26,29-30,34,36,39-43,45,47-53,55-57,59-74H2,1-4H3,(H,87,88)(H,89,90)/b13-9-,19-15-,25-21-,31-27-,32-28-,35-33-,38-37-,46-44-,58-54-. The zero-order chi connectivity index (χ0) is 73.2. The van der Waals surface area contributed by atoms with E-state index in [2.05, 4.69) is 119 Å². The van der Waals surface area contributed by atoms with Crippen molar-refractivity contribution in [1.82, 2.24) is 0 Å². The van der Waals surface area contributed by atoms with Crippen molar-refractivity contribution in [2.24, 2.45) is 0 Å². The summed E-state index contributed by atoms with van der Waals surface area (Å²) in [5.74, 6) is -2.28. The fraction of sp³-hybridized carbons (Fsp3) is 0.728. The van der Waals surface area contributed by atoms with Crippen molar-refractivity contribution < 1.29 is 80.2 Å². The van der Waals surface area contributed by atoms with Crippen molar-refractivity contribution in [2.75, 3.05) is 39.6 Å². The Bertz CT molecular complexity index is 2320. The van der Waals surface area contributed by atoms with Crippen LogP contribution in [0, 0.1) is 0 Å². The molecule has 0 aliphatic heterocycles. The first-order chi connectivity index (χ1) is 48.7. The van der Waals surface area contributed by atoms with Gasteiger partial charge in [0.2, 0.25) is 0 Å². The summed E-state index contributed by atoms with van der Waals surface area (Å²) in [6.07, 6.45) is 78.0. The number of ether oxygens (including phenoxy) is 4. The Kier molecular flexibility index (Phi) is 69.9. The predicted molar refractivity (Wildman–Crippen MR) is 408 cm³/mol. The number of esters is 4. The van der Waals surface area contributed by atoms with Gasteiger partial charge in [0.25, 0.3) is 0 Å². The predicted octanol–water partition coefficient (Wildman–Crippen LogP) is 22.6. The van der Waals surface area contributed by atoms with Crippen molar-refractivity contribution in [1.29, 1.82) is 0 Å². The van der Waals surface area contributed by atoms with Crippen LogP contribution >= 0.6 is 15.6 Å². The number of hydrogen-bond donors (Lipinski definition) is 3. The molecule has 17 nitrogen and oxygen atoms in total. The summed E-state index contributed by atoms with van der Waals surface area (Å²) >= 11 is 0. The second-order valence-corrected chi connectivity index (χ2v) is 28.8. The molecular weight excluding hydrogens is 1310 g/mol. The van der Waals surface area contributed by atoms with Crippen LogP contribution in [-0.2, 0) is 65.4 Å². The van der Waals surface area contributed by atoms with Gasteiger partial charge in [-0.3, -0.25) is 37.3 Å². The van der Waals surface area contributed by atoms with Gasteiger partial charge in [0.05, 0.1) is 26.4 Å². The van der Waals surface area contributed by atoms with E-state index in [9.17, 15) is 43.2 Å². The first-order valence-electron chi connectivity index (χ1n) is 39.1. The second-order valence-electron chi connectivity index (χ2n) is 25.9. The lowest BCUT2D eigenvalue weighted by Gasteiger charge is -2.21. The Balaban J connectivity index is 5.39. The quantitative estimate of drug-likeness (QED) is 0.0169. The largest absolute Gasteiger partial charge is 0.472 e. The number of aliphatic hydroxyl groups excluding tert-OH is 1. The monoisotopic (exact) mass is 1450 g/mol. The van der Waals surface area contributed by atoms with Crippen molar-refractivity contribution in [2.45, 2.75) is 341 Å². The number of carbonyl (C=O) groups is 4. The topological polar surface area (TPSA) is 237 Å². The summed E-state index contributed by atoms with van der Waals surface area (Å²) in [6.45, 7) is 4.60. The fourth-order valence-corrected chi connectivity index (χ4v) is 11.9. The van der Waals surface area contributed by atoms with Gasteiger partial charge < -0.3 is 33.8 Å². The van der Waals surface area contributed by atoms with Crippen LogP contribution in [0.25, 0.3) is 0 Å². The van der Waals surface area contributed by atoms with Crippen molar-refractivity contribution in [3.63, 3.8) is 0 Å². The average Bonchev–Trinajstić information content (AvgIpc) is 0.935. The molecule has 0 amide bonds. The molecule has 0 aliphatic rings. The number of allylic oxidation sites excluding steroid dienone is 18. The van der Waals surface area contributed by atoms with Gasteiger partial charge in [-0.25, -0.2) is 9.13 Å². The van der Waals surface area contributed by atoms with Crippen LogP contribution < -0.4 is 0 Å². The Morgan fingerprint density at radius 2 is 0.560 bits per heavy atom. The smallest absolute Gasteiger partial charge is 0.462 e. The molecule has 5 atom stereocenters. The summed E-state index contributed by atoms with van der Waals surface area (Å²) in [4.78, 5) is 72.9. The highest BCUT2D eigenvalue weighted by atomic mass is 31.2. The molecular formula is C81H140O17P2. The highest BCUT2D eigenvalue weighted by Gasteiger charge is 2.30. The van der Waals surface area contributed by atoms with Crippen LogP contribution in [0.2, 0.25) is 0 Å². The summed E-state index contributed by atoms with van der Waals surface area (Å²) < 4.78 is 68.4. The van der Waals surface area contributed by atoms with Gasteiger partial charge in [0, 0.05) is 25.7 Å². The third-order valence-corrected chi connectivity index (χ3v) is 18.1. The number of hydrogen-bond acceptors (Lipinski definition) is 15. The van der Waals surface area contributed by atoms with Crippen molar-refractivity contribution in [3.05, 3.63) is 109 Å². The number of unbranched alkanes of at least 4 members (excludes halogenated alkanes) is 29. The van der Waals surface area contributed by atoms with E-state index in [0.29, 0.717) is 32.1 Å². The summed E-state index contributed by atoms with van der Waals surface area (Å²) in [6, 6.07) is 0. The molecule has 0 heterocycles. The SMILES string of the molecule is CC/C=C\C/C=C\C/C=C\C/C=C\C/C=C\C/C=C\CCC(=O)OCC(COP(=O)(O)OCC(O)COP(=O)(O)OCC(COC(=O)CCCCCCCCCCCCCCCCC)OC(=O)CCCCCCC/C=C\C/C=C\CCC)OC(=O)CCCCCCC/C=C\CCCCCC. The summed E-state index contributed by atoms with van der Waals surface area (Å²) in [5, 5.41) is 10.6. The molecule has 19 heteroatoms. The maximum atomic E-state index is 13.1. The van der Waals surface area contributed by atoms with E-state index in [-0.39, 0.29) is 25.7 Å². The first kappa shape index (κ1) is 95.7. The molecule has 0 radical (unpaired) electrons. The van der Waals surface area contributed by atoms with Gasteiger partial charge in [-0.2, -0.15) is 0 Å². The minimum atomic E-state index is -4.99. The molecule has 0 aromatic rings. The van der Waals surface area contributed by atoms with Crippen molar-refractivity contribution in [3.8, 4) is 0 Å². The molecule has 0 bridgehead atoms. The lowest BCUT2D eigenvalue weighted by molar-refractivity contribution is -0.161. The number of rotatable bonds is 73. The number of phosphoric ester groups is 2. The zero-order valence-electron chi connectivity index (χ0n) is 62.8. The van der Waals surface area contributed by atoms with Crippen LogP contribution in [0.3, 0.4) is 0 Å². The first-order valence-corrected chi connectivity index (χ1v) is 42.1. The fourth-order valence-electron chi connectivity index (χ4n) is 10.3. The maximum Gasteiger partial charge on any atom is 0.472 e. The van der Waals surface area contributed by atoms with Gasteiger partial charge in [-0.15, -0.1) is 0 Å². The highest BCUT2D eigenvalue weighted by Crippen LogP contribution is 2.45. The lowest BCUT2D eigenvalue weighted by Crippen LogP contribution is -2.30. The molecule has 0 saturated carbocycles. The number of phosphoric acid groups is 2. The van der Waals surface area contributed by atoms with E-state index in [4.69, 9.17) is 37.0 Å². The van der Waals surface area contributed by atoms with Crippen LogP contribution in [0.4, 0.5) is 0 Å². The van der Waals surface area contributed by atoms with Crippen LogP contribution in [0.5, 0.6) is 0 Å². The third-order valence-electron chi connectivity index (χ3n) is 16.2. The van der Waals surface area contributed by atoms with E-state index < -0.39 is 97.5 Å². The van der Waals surface area contributed by atoms with Gasteiger partial charge in [-0.1, -0.05) is 291 Å². The molecule has 100 heavy (non-hydrogen) atoms. The second kappa shape index (κ2) is 73.0. The van der Waals surface area contributed by atoms with Crippen LogP contribution in [-0.4, -0.2) is 96.7 Å². The molecule has 0 aromatic heterocycles. The zero-order valence-corrected chi connectivity index (χ0v) is 64.6. The Hall–Kier alpha value is -4.28. The van der Waals surface area contributed by atoms with E-state index >= 15 is 0 Å². The van der Waals surface area contributed by atoms with E-state index in [1.165, 1.54) is 96.3 Å². The third kappa shape index (κ3) is 72.1. The minimum absolute atomic E-state index is 0.0338. The minimum Gasteiger partial charge on any atom is -0.462 e. The lowest BCUT2D eigenvalue weighted by atomic mass is 10.0. The van der Waals surface area contributed by atoms with Crippen LogP contribution in [0.15, 0.2) is 109 Å². The van der Waals surface area contributed by atoms with Gasteiger partial charge in [-0.05, 0) is 116 Å². The van der Waals surface area contributed by atoms with Gasteiger partial charge in [0.15, 0.2) is 12.2 Å². The molecule has 5 unspecified atom stereocenters. The van der Waals surface area contributed by atoms with E-state index in [1.807, 2.05) is 18.2 Å². The van der Waals surface area contributed by atoms with Gasteiger partial charge >= 0.3 is 39.5 Å². The highest BCUT2D eigenvalue weighted by molar-refractivity contribution is 7.47. The van der Waals surface area contributed by atoms with Crippen LogP contribution in [0.1, 0.15) is 323 Å². The molecule has 0 aliphatic carbocycles. The van der Waals surface area contributed by atoms with E-state index in [1.54, 1.807) is 0 Å².